The number of carbonyl (C=O) groups is 2. The minimum atomic E-state index is -0.787. The number of benzene rings is 1. The molecule has 1 unspecified atom stereocenters. The molecule has 0 aliphatic heterocycles. The topological polar surface area (TPSA) is 58.2 Å². The van der Waals surface area contributed by atoms with Gasteiger partial charge < -0.3 is 10.6 Å². The predicted molar refractivity (Wildman–Crippen MR) is 84.2 cm³/mol. The molecule has 5 heteroatoms. The first-order chi connectivity index (χ1) is 9.47. The van der Waals surface area contributed by atoms with Gasteiger partial charge in [-0.15, -0.1) is 11.8 Å². The zero-order valence-electron chi connectivity index (χ0n) is 12.4. The molecular weight excluding hydrogens is 272 g/mol. The van der Waals surface area contributed by atoms with Gasteiger partial charge in [0.15, 0.2) is 5.78 Å². The van der Waals surface area contributed by atoms with Gasteiger partial charge in [-0.3, -0.25) is 9.59 Å². The standard InChI is InChI=1S/C15H22N2O2S/c1-5-13(18)14(16-4)15(19)17-11-6-8-12(9-7-11)20-10(2)3/h6-10,14,16H,5H2,1-4H3,(H,17,19). The average Bonchev–Trinajstić information content (AvgIpc) is 2.41. The fourth-order valence-corrected chi connectivity index (χ4v) is 2.58. The van der Waals surface area contributed by atoms with Crippen LogP contribution in [0.4, 0.5) is 5.69 Å². The predicted octanol–water partition coefficient (Wildman–Crippen LogP) is 2.69. The third-order valence-corrected chi connectivity index (χ3v) is 3.73. The van der Waals surface area contributed by atoms with E-state index in [1.165, 1.54) is 0 Å². The highest BCUT2D eigenvalue weighted by Crippen LogP contribution is 2.24. The van der Waals surface area contributed by atoms with Crippen LogP contribution in [-0.4, -0.2) is 30.0 Å². The minimum Gasteiger partial charge on any atom is -0.324 e. The molecule has 0 aliphatic carbocycles. The van der Waals surface area contributed by atoms with Crippen LogP contribution in [0.1, 0.15) is 27.2 Å². The van der Waals surface area contributed by atoms with Crippen molar-refractivity contribution in [2.45, 2.75) is 43.4 Å². The van der Waals surface area contributed by atoms with E-state index < -0.39 is 6.04 Å². The molecular formula is C15H22N2O2S. The summed E-state index contributed by atoms with van der Waals surface area (Å²) in [5.41, 5.74) is 0.701. The summed E-state index contributed by atoms with van der Waals surface area (Å²) in [6, 6.07) is 6.86. The van der Waals surface area contributed by atoms with Crippen molar-refractivity contribution in [1.82, 2.24) is 5.32 Å². The molecule has 1 amide bonds. The molecule has 1 aromatic rings. The molecule has 1 aromatic carbocycles. The van der Waals surface area contributed by atoms with E-state index in [2.05, 4.69) is 24.5 Å². The Kier molecular flexibility index (Phi) is 6.75. The van der Waals surface area contributed by atoms with Crippen LogP contribution in [0.15, 0.2) is 29.2 Å². The van der Waals surface area contributed by atoms with E-state index in [0.29, 0.717) is 17.4 Å². The number of Topliss-reactive ketones (excluding diaryl/α,β-unsaturated/α-hetero) is 1. The molecule has 20 heavy (non-hydrogen) atoms. The number of hydrogen-bond donors (Lipinski definition) is 2. The Labute approximate surface area is 124 Å². The molecule has 0 saturated heterocycles. The number of thioether (sulfide) groups is 1. The fourth-order valence-electron chi connectivity index (χ4n) is 1.75. The zero-order valence-corrected chi connectivity index (χ0v) is 13.2. The number of rotatable bonds is 7. The van der Waals surface area contributed by atoms with Gasteiger partial charge in [0.1, 0.15) is 6.04 Å². The summed E-state index contributed by atoms with van der Waals surface area (Å²) in [5, 5.41) is 6.02. The second-order valence-electron chi connectivity index (χ2n) is 4.72. The van der Waals surface area contributed by atoms with Gasteiger partial charge in [-0.2, -0.15) is 0 Å². The quantitative estimate of drug-likeness (QED) is 0.599. The van der Waals surface area contributed by atoms with Crippen molar-refractivity contribution in [2.24, 2.45) is 0 Å². The van der Waals surface area contributed by atoms with Crippen molar-refractivity contribution in [3.8, 4) is 0 Å². The Balaban J connectivity index is 2.68. The molecule has 0 spiro atoms. The number of carbonyl (C=O) groups excluding carboxylic acids is 2. The molecule has 0 heterocycles. The van der Waals surface area contributed by atoms with E-state index in [1.807, 2.05) is 24.3 Å². The van der Waals surface area contributed by atoms with Crippen molar-refractivity contribution in [3.63, 3.8) is 0 Å². The van der Waals surface area contributed by atoms with Gasteiger partial charge in [0.2, 0.25) is 5.91 Å². The second-order valence-corrected chi connectivity index (χ2v) is 6.37. The summed E-state index contributed by atoms with van der Waals surface area (Å²) in [6.45, 7) is 6.01. The van der Waals surface area contributed by atoms with Crippen LogP contribution in [0.3, 0.4) is 0 Å². The van der Waals surface area contributed by atoms with Gasteiger partial charge in [-0.1, -0.05) is 20.8 Å². The maximum absolute atomic E-state index is 12.0. The van der Waals surface area contributed by atoms with E-state index in [9.17, 15) is 9.59 Å². The largest absolute Gasteiger partial charge is 0.324 e. The second kappa shape index (κ2) is 8.07. The SMILES string of the molecule is CCC(=O)C(NC)C(=O)Nc1ccc(SC(C)C)cc1. The lowest BCUT2D eigenvalue weighted by molar-refractivity contribution is -0.128. The van der Waals surface area contributed by atoms with E-state index >= 15 is 0 Å². The molecule has 1 rings (SSSR count). The third kappa shape index (κ3) is 4.98. The van der Waals surface area contributed by atoms with Crippen molar-refractivity contribution in [1.29, 1.82) is 0 Å². The van der Waals surface area contributed by atoms with Crippen molar-refractivity contribution in [3.05, 3.63) is 24.3 Å². The average molecular weight is 294 g/mol. The Hall–Kier alpha value is -1.33. The van der Waals surface area contributed by atoms with Crippen LogP contribution < -0.4 is 10.6 Å². The molecule has 0 fully saturated rings. The first-order valence-corrected chi connectivity index (χ1v) is 7.63. The molecule has 2 N–H and O–H groups in total. The zero-order chi connectivity index (χ0) is 15.1. The lowest BCUT2D eigenvalue weighted by Crippen LogP contribution is -2.44. The van der Waals surface area contributed by atoms with Crippen LogP contribution in [0, 0.1) is 0 Å². The lowest BCUT2D eigenvalue weighted by Gasteiger charge is -2.14. The van der Waals surface area contributed by atoms with E-state index in [-0.39, 0.29) is 11.7 Å². The van der Waals surface area contributed by atoms with Gasteiger partial charge in [0.05, 0.1) is 0 Å². The summed E-state index contributed by atoms with van der Waals surface area (Å²) in [7, 11) is 1.61. The lowest BCUT2D eigenvalue weighted by atomic mass is 10.1. The van der Waals surface area contributed by atoms with Crippen molar-refractivity contribution >= 4 is 29.1 Å². The first-order valence-electron chi connectivity index (χ1n) is 6.75. The van der Waals surface area contributed by atoms with Crippen molar-refractivity contribution in [2.75, 3.05) is 12.4 Å². The van der Waals surface area contributed by atoms with Gasteiger partial charge in [-0.25, -0.2) is 0 Å². The molecule has 1 atom stereocenters. The maximum atomic E-state index is 12.0. The Bertz CT molecular complexity index is 457. The number of anilines is 1. The number of hydrogen-bond acceptors (Lipinski definition) is 4. The van der Waals surface area contributed by atoms with Gasteiger partial charge in [0, 0.05) is 22.3 Å². The molecule has 0 saturated carbocycles. The number of amides is 1. The number of likely N-dealkylation sites (N-methyl/N-ethyl adjacent to an activating group) is 1. The molecule has 0 aromatic heterocycles. The van der Waals surface area contributed by atoms with E-state index in [1.54, 1.807) is 25.7 Å². The highest BCUT2D eigenvalue weighted by Gasteiger charge is 2.22. The maximum Gasteiger partial charge on any atom is 0.249 e. The van der Waals surface area contributed by atoms with Crippen molar-refractivity contribution < 1.29 is 9.59 Å². The highest BCUT2D eigenvalue weighted by molar-refractivity contribution is 7.99. The number of ketones is 1. The van der Waals surface area contributed by atoms with Crippen LogP contribution >= 0.6 is 11.8 Å². The van der Waals surface area contributed by atoms with Crippen LogP contribution in [0.25, 0.3) is 0 Å². The van der Waals surface area contributed by atoms with E-state index in [4.69, 9.17) is 0 Å². The third-order valence-electron chi connectivity index (χ3n) is 2.71. The highest BCUT2D eigenvalue weighted by atomic mass is 32.2. The monoisotopic (exact) mass is 294 g/mol. The summed E-state index contributed by atoms with van der Waals surface area (Å²) in [4.78, 5) is 24.8. The molecule has 0 radical (unpaired) electrons. The molecule has 0 aliphatic rings. The molecule has 4 nitrogen and oxygen atoms in total. The molecule has 110 valence electrons. The summed E-state index contributed by atoms with van der Waals surface area (Å²) < 4.78 is 0. The minimum absolute atomic E-state index is 0.114. The Morgan fingerprint density at radius 3 is 2.25 bits per heavy atom. The van der Waals surface area contributed by atoms with E-state index in [0.717, 1.165) is 4.90 Å². The Morgan fingerprint density at radius 1 is 1.20 bits per heavy atom. The summed E-state index contributed by atoms with van der Waals surface area (Å²) >= 11 is 1.77. The summed E-state index contributed by atoms with van der Waals surface area (Å²) in [5.74, 6) is -0.430. The van der Waals surface area contributed by atoms with Gasteiger partial charge in [-0.05, 0) is 31.3 Å². The summed E-state index contributed by atoms with van der Waals surface area (Å²) in [6.07, 6.45) is 0.336. The van der Waals surface area contributed by atoms with Crippen LogP contribution in [-0.2, 0) is 9.59 Å². The Morgan fingerprint density at radius 2 is 1.80 bits per heavy atom. The number of nitrogens with one attached hydrogen (secondary N) is 2. The first kappa shape index (κ1) is 16.7. The molecule has 0 bridgehead atoms. The smallest absolute Gasteiger partial charge is 0.249 e. The van der Waals surface area contributed by atoms with Gasteiger partial charge >= 0.3 is 0 Å². The fraction of sp³-hybridized carbons (Fsp3) is 0.467. The van der Waals surface area contributed by atoms with Gasteiger partial charge in [0.25, 0.3) is 0 Å². The van der Waals surface area contributed by atoms with Crippen LogP contribution in [0.2, 0.25) is 0 Å². The van der Waals surface area contributed by atoms with Crippen LogP contribution in [0.5, 0.6) is 0 Å². The normalized spacial score (nSPS) is 12.2.